The van der Waals surface area contributed by atoms with Gasteiger partial charge < -0.3 is 25.6 Å². The number of carbonyl (C=O) groups is 2. The summed E-state index contributed by atoms with van der Waals surface area (Å²) in [5.74, 6) is -0.699. The third-order valence-corrected chi connectivity index (χ3v) is 4.21. The van der Waals surface area contributed by atoms with E-state index in [0.29, 0.717) is 18.6 Å². The quantitative estimate of drug-likeness (QED) is 0.597. The molecule has 1 atom stereocenters. The van der Waals surface area contributed by atoms with Crippen molar-refractivity contribution >= 4 is 29.1 Å². The highest BCUT2D eigenvalue weighted by Gasteiger charge is 2.33. The van der Waals surface area contributed by atoms with Crippen LogP contribution in [0.4, 0.5) is 11.6 Å². The molecule has 0 aromatic carbocycles. The van der Waals surface area contributed by atoms with Crippen molar-refractivity contribution in [3.8, 4) is 0 Å². The molecule has 2 aromatic heterocycles. The van der Waals surface area contributed by atoms with Gasteiger partial charge in [-0.3, -0.25) is 9.59 Å². The molecule has 0 saturated carbocycles. The molecule has 3 heterocycles. The molecule has 0 bridgehead atoms. The fourth-order valence-corrected chi connectivity index (χ4v) is 3.04. The monoisotopic (exact) mass is 346 g/mol. The number of aromatic nitrogens is 2. The first-order valence-corrected chi connectivity index (χ1v) is 7.89. The van der Waals surface area contributed by atoms with Gasteiger partial charge >= 0.3 is 5.82 Å². The van der Waals surface area contributed by atoms with Gasteiger partial charge in [0, 0.05) is 19.7 Å². The van der Waals surface area contributed by atoms with Crippen LogP contribution < -0.4 is 10.6 Å². The Kier molecular flexibility index (Phi) is 4.50. The van der Waals surface area contributed by atoms with E-state index in [9.17, 15) is 19.7 Å². The second kappa shape index (κ2) is 6.75. The average molecular weight is 346 g/mol. The smallest absolute Gasteiger partial charge is 0.358 e. The van der Waals surface area contributed by atoms with Crippen molar-refractivity contribution in [2.45, 2.75) is 18.9 Å². The average Bonchev–Trinajstić information content (AvgIpc) is 3.23. The summed E-state index contributed by atoms with van der Waals surface area (Å²) in [7, 11) is 1.53. The van der Waals surface area contributed by atoms with Crippen molar-refractivity contribution in [1.82, 2.24) is 19.6 Å². The van der Waals surface area contributed by atoms with Crippen LogP contribution >= 0.6 is 0 Å². The SMILES string of the molecule is CNC(=O)C1CCCN1C(=O)CNc1nc2ccccn2c1[N+](=O)[O-]. The third kappa shape index (κ3) is 3.10. The minimum atomic E-state index is -0.546. The van der Waals surface area contributed by atoms with Crippen molar-refractivity contribution in [3.05, 3.63) is 34.5 Å². The van der Waals surface area contributed by atoms with Gasteiger partial charge in [0.25, 0.3) is 0 Å². The van der Waals surface area contributed by atoms with E-state index in [0.717, 1.165) is 6.42 Å². The second-order valence-corrected chi connectivity index (χ2v) is 5.68. The Labute approximate surface area is 143 Å². The zero-order valence-corrected chi connectivity index (χ0v) is 13.6. The summed E-state index contributed by atoms with van der Waals surface area (Å²) in [5, 5.41) is 16.6. The van der Waals surface area contributed by atoms with Crippen LogP contribution in [-0.4, -0.2) is 57.2 Å². The topological polar surface area (TPSA) is 122 Å². The standard InChI is InChI=1S/C15H18N6O4/c1-16-14(23)10-5-4-8-19(10)12(22)9-17-13-15(21(24)25)20-7-3-2-6-11(20)18-13/h2-3,6-7,10,17H,4-5,8-9H2,1H3,(H,16,23). The summed E-state index contributed by atoms with van der Waals surface area (Å²) in [6.45, 7) is 0.323. The fourth-order valence-electron chi connectivity index (χ4n) is 3.04. The van der Waals surface area contributed by atoms with Gasteiger partial charge in [-0.05, 0) is 23.8 Å². The lowest BCUT2D eigenvalue weighted by molar-refractivity contribution is -0.389. The molecule has 25 heavy (non-hydrogen) atoms. The van der Waals surface area contributed by atoms with E-state index in [1.165, 1.54) is 22.5 Å². The molecule has 0 spiro atoms. The molecule has 10 nitrogen and oxygen atoms in total. The largest absolute Gasteiger partial charge is 0.372 e. The van der Waals surface area contributed by atoms with Gasteiger partial charge in [0.1, 0.15) is 6.04 Å². The first-order chi connectivity index (χ1) is 12.0. The molecule has 10 heteroatoms. The molecular weight excluding hydrogens is 328 g/mol. The molecule has 0 aliphatic carbocycles. The molecule has 1 saturated heterocycles. The van der Waals surface area contributed by atoms with E-state index in [1.807, 2.05) is 0 Å². The normalized spacial score (nSPS) is 16.8. The molecule has 2 aromatic rings. The van der Waals surface area contributed by atoms with E-state index in [1.54, 1.807) is 18.2 Å². The van der Waals surface area contributed by atoms with Crippen molar-refractivity contribution in [3.63, 3.8) is 0 Å². The molecule has 1 aliphatic rings. The maximum absolute atomic E-state index is 12.4. The number of nitrogens with zero attached hydrogens (tertiary/aromatic N) is 4. The number of anilines is 1. The Hall–Kier alpha value is -3.17. The van der Waals surface area contributed by atoms with Crippen molar-refractivity contribution < 1.29 is 14.5 Å². The van der Waals surface area contributed by atoms with Crippen LogP contribution in [0, 0.1) is 10.1 Å². The molecule has 132 valence electrons. The van der Waals surface area contributed by atoms with Gasteiger partial charge in [0.05, 0.1) is 12.7 Å². The van der Waals surface area contributed by atoms with Gasteiger partial charge in [-0.2, -0.15) is 9.38 Å². The number of rotatable bonds is 5. The molecule has 1 fully saturated rings. The fraction of sp³-hybridized carbons (Fsp3) is 0.400. The van der Waals surface area contributed by atoms with Crippen LogP contribution in [-0.2, 0) is 9.59 Å². The second-order valence-electron chi connectivity index (χ2n) is 5.68. The van der Waals surface area contributed by atoms with Crippen molar-refractivity contribution in [2.75, 3.05) is 25.5 Å². The van der Waals surface area contributed by atoms with E-state index in [4.69, 9.17) is 0 Å². The van der Waals surface area contributed by atoms with Crippen LogP contribution in [0.15, 0.2) is 24.4 Å². The number of likely N-dealkylation sites (N-methyl/N-ethyl adjacent to an activating group) is 1. The number of nitro groups is 1. The van der Waals surface area contributed by atoms with Crippen LogP contribution in [0.3, 0.4) is 0 Å². The summed E-state index contributed by atoms with van der Waals surface area (Å²) in [6, 6.07) is 4.53. The first kappa shape index (κ1) is 16.7. The van der Waals surface area contributed by atoms with E-state index >= 15 is 0 Å². The minimum Gasteiger partial charge on any atom is -0.358 e. The number of carbonyl (C=O) groups excluding carboxylic acids is 2. The van der Waals surface area contributed by atoms with E-state index in [2.05, 4.69) is 15.6 Å². The molecule has 3 rings (SSSR count). The number of fused-ring (bicyclic) bond motifs is 1. The Bertz CT molecular complexity index is 833. The lowest BCUT2D eigenvalue weighted by Crippen LogP contribution is -2.46. The molecule has 2 N–H and O–H groups in total. The van der Waals surface area contributed by atoms with E-state index < -0.39 is 11.0 Å². The van der Waals surface area contributed by atoms with E-state index in [-0.39, 0.29) is 30.0 Å². The lowest BCUT2D eigenvalue weighted by Gasteiger charge is -2.23. The van der Waals surface area contributed by atoms with Gasteiger partial charge in [-0.25, -0.2) is 0 Å². The molecule has 1 unspecified atom stereocenters. The highest BCUT2D eigenvalue weighted by atomic mass is 16.6. The number of imidazole rings is 1. The highest BCUT2D eigenvalue weighted by molar-refractivity contribution is 5.89. The minimum absolute atomic E-state index is 0.0280. The summed E-state index contributed by atoms with van der Waals surface area (Å²) in [6.07, 6.45) is 2.90. The third-order valence-electron chi connectivity index (χ3n) is 4.21. The van der Waals surface area contributed by atoms with Gasteiger partial charge in [-0.1, -0.05) is 6.07 Å². The Balaban J connectivity index is 1.76. The summed E-state index contributed by atoms with van der Waals surface area (Å²) < 4.78 is 1.34. The zero-order valence-electron chi connectivity index (χ0n) is 13.6. The molecule has 0 radical (unpaired) electrons. The highest BCUT2D eigenvalue weighted by Crippen LogP contribution is 2.25. The van der Waals surface area contributed by atoms with Gasteiger partial charge in [-0.15, -0.1) is 0 Å². The Morgan fingerprint density at radius 1 is 1.44 bits per heavy atom. The maximum Gasteiger partial charge on any atom is 0.372 e. The van der Waals surface area contributed by atoms with Crippen LogP contribution in [0.2, 0.25) is 0 Å². The van der Waals surface area contributed by atoms with Crippen LogP contribution in [0.5, 0.6) is 0 Å². The number of hydrogen-bond acceptors (Lipinski definition) is 6. The number of likely N-dealkylation sites (tertiary alicyclic amines) is 1. The summed E-state index contributed by atoms with van der Waals surface area (Å²) in [4.78, 5) is 40.7. The molecular formula is C15H18N6O4. The number of nitrogens with one attached hydrogen (secondary N) is 2. The predicted molar refractivity (Wildman–Crippen MR) is 89.1 cm³/mol. The zero-order chi connectivity index (χ0) is 18.0. The summed E-state index contributed by atoms with van der Waals surface area (Å²) in [5.41, 5.74) is 0.411. The predicted octanol–water partition coefficient (Wildman–Crippen LogP) is 0.391. The first-order valence-electron chi connectivity index (χ1n) is 7.89. The van der Waals surface area contributed by atoms with Crippen molar-refractivity contribution in [1.29, 1.82) is 0 Å². The Morgan fingerprint density at radius 2 is 2.24 bits per heavy atom. The number of amides is 2. The summed E-state index contributed by atoms with van der Waals surface area (Å²) >= 11 is 0. The lowest BCUT2D eigenvalue weighted by atomic mass is 10.2. The molecule has 2 amide bonds. The van der Waals surface area contributed by atoms with Crippen LogP contribution in [0.1, 0.15) is 12.8 Å². The Morgan fingerprint density at radius 3 is 2.96 bits per heavy atom. The van der Waals surface area contributed by atoms with Crippen LogP contribution in [0.25, 0.3) is 5.65 Å². The molecule has 1 aliphatic heterocycles. The van der Waals surface area contributed by atoms with Gasteiger partial charge in [0.15, 0.2) is 0 Å². The van der Waals surface area contributed by atoms with Gasteiger partial charge in [0.2, 0.25) is 23.3 Å². The number of pyridine rings is 1. The number of hydrogen-bond donors (Lipinski definition) is 2. The van der Waals surface area contributed by atoms with Crippen molar-refractivity contribution in [2.24, 2.45) is 0 Å². The maximum atomic E-state index is 12.4.